The molecule has 0 unspecified atom stereocenters. The summed E-state index contributed by atoms with van der Waals surface area (Å²) in [6.45, 7) is 0. The molecule has 0 aliphatic heterocycles. The zero-order valence-electron chi connectivity index (χ0n) is 10.2. The number of carbonyl (C=O) groups is 2. The molecule has 5 nitrogen and oxygen atoms in total. The van der Waals surface area contributed by atoms with E-state index >= 15 is 0 Å². The van der Waals surface area contributed by atoms with Crippen LogP contribution >= 0.6 is 11.6 Å². The predicted molar refractivity (Wildman–Crippen MR) is 75.4 cm³/mol. The van der Waals surface area contributed by atoms with Gasteiger partial charge in [-0.1, -0.05) is 0 Å². The van der Waals surface area contributed by atoms with Crippen molar-refractivity contribution < 1.29 is 9.59 Å². The molecule has 0 saturated carbocycles. The van der Waals surface area contributed by atoms with Gasteiger partial charge in [0.15, 0.2) is 0 Å². The van der Waals surface area contributed by atoms with E-state index < -0.39 is 6.03 Å². The Morgan fingerprint density at radius 2 is 2.11 bits per heavy atom. The Labute approximate surface area is 115 Å². The fraction of sp³-hybridized carbons (Fsp3) is 0.231. The van der Waals surface area contributed by atoms with Crippen LogP contribution in [0.1, 0.15) is 12.8 Å². The molecule has 100 valence electrons. The molecule has 1 heterocycles. The van der Waals surface area contributed by atoms with Crippen LogP contribution in [0, 0.1) is 0 Å². The van der Waals surface area contributed by atoms with E-state index in [4.69, 9.17) is 11.6 Å². The van der Waals surface area contributed by atoms with Gasteiger partial charge in [-0.05, 0) is 30.7 Å². The van der Waals surface area contributed by atoms with Crippen molar-refractivity contribution in [3.63, 3.8) is 0 Å². The van der Waals surface area contributed by atoms with Crippen LogP contribution in [-0.2, 0) is 4.79 Å². The van der Waals surface area contributed by atoms with Crippen LogP contribution < -0.4 is 10.6 Å². The number of rotatable bonds is 4. The molecule has 1 aromatic carbocycles. The van der Waals surface area contributed by atoms with Crippen LogP contribution in [-0.4, -0.2) is 22.8 Å². The molecule has 3 amide bonds. The maximum atomic E-state index is 11.6. The van der Waals surface area contributed by atoms with E-state index in [0.29, 0.717) is 18.0 Å². The molecular weight excluding hydrogens is 266 g/mol. The number of anilines is 1. The lowest BCUT2D eigenvalue weighted by atomic mass is 10.2. The van der Waals surface area contributed by atoms with Crippen molar-refractivity contribution in [2.45, 2.75) is 12.8 Å². The van der Waals surface area contributed by atoms with Gasteiger partial charge in [0.05, 0.1) is 0 Å². The Bertz CT molecular complexity index is 594. The highest BCUT2D eigenvalue weighted by Gasteiger charge is 2.07. The van der Waals surface area contributed by atoms with Gasteiger partial charge in [0, 0.05) is 35.1 Å². The zero-order valence-corrected chi connectivity index (χ0v) is 11.0. The highest BCUT2D eigenvalue weighted by Crippen LogP contribution is 2.17. The van der Waals surface area contributed by atoms with Crippen molar-refractivity contribution in [2.75, 3.05) is 11.2 Å². The van der Waals surface area contributed by atoms with E-state index in [-0.39, 0.29) is 12.3 Å². The molecule has 2 aromatic rings. The SMILES string of the molecule is O=C(CCCCl)NC(=O)Nc1ccc2[nH]ccc2c1. The van der Waals surface area contributed by atoms with Crippen LogP contribution in [0.5, 0.6) is 0 Å². The zero-order chi connectivity index (χ0) is 13.7. The number of benzene rings is 1. The molecule has 0 atom stereocenters. The highest BCUT2D eigenvalue weighted by molar-refractivity contribution is 6.18. The fourth-order valence-electron chi connectivity index (χ4n) is 1.71. The van der Waals surface area contributed by atoms with Gasteiger partial charge in [-0.3, -0.25) is 10.1 Å². The van der Waals surface area contributed by atoms with Gasteiger partial charge in [-0.25, -0.2) is 4.79 Å². The third-order valence-corrected chi connectivity index (χ3v) is 2.87. The van der Waals surface area contributed by atoms with Crippen molar-refractivity contribution in [3.8, 4) is 0 Å². The first-order chi connectivity index (χ1) is 9.19. The van der Waals surface area contributed by atoms with Gasteiger partial charge in [0.1, 0.15) is 0 Å². The highest BCUT2D eigenvalue weighted by atomic mass is 35.5. The van der Waals surface area contributed by atoms with Crippen LogP contribution in [0.2, 0.25) is 0 Å². The number of fused-ring (bicyclic) bond motifs is 1. The molecule has 0 fully saturated rings. The van der Waals surface area contributed by atoms with Gasteiger partial charge in [-0.2, -0.15) is 0 Å². The molecule has 1 aromatic heterocycles. The van der Waals surface area contributed by atoms with E-state index in [1.54, 1.807) is 6.07 Å². The molecule has 3 N–H and O–H groups in total. The Morgan fingerprint density at radius 3 is 2.89 bits per heavy atom. The van der Waals surface area contributed by atoms with E-state index in [0.717, 1.165) is 10.9 Å². The molecule has 0 aliphatic carbocycles. The average Bonchev–Trinajstić information content (AvgIpc) is 2.83. The number of halogens is 1. The van der Waals surface area contributed by atoms with Crippen LogP contribution in [0.3, 0.4) is 0 Å². The quantitative estimate of drug-likeness (QED) is 0.753. The summed E-state index contributed by atoms with van der Waals surface area (Å²) in [4.78, 5) is 26.0. The number of amides is 3. The van der Waals surface area contributed by atoms with Crippen molar-refractivity contribution in [1.29, 1.82) is 0 Å². The Morgan fingerprint density at radius 1 is 1.26 bits per heavy atom. The summed E-state index contributed by atoms with van der Waals surface area (Å²) >= 11 is 5.47. The first-order valence-corrected chi connectivity index (χ1v) is 6.46. The second-order valence-electron chi connectivity index (χ2n) is 4.07. The Hall–Kier alpha value is -2.01. The van der Waals surface area contributed by atoms with Crippen molar-refractivity contribution in [3.05, 3.63) is 30.5 Å². The topological polar surface area (TPSA) is 74.0 Å². The lowest BCUT2D eigenvalue weighted by Crippen LogP contribution is -2.34. The largest absolute Gasteiger partial charge is 0.361 e. The molecule has 0 spiro atoms. The number of urea groups is 1. The smallest absolute Gasteiger partial charge is 0.325 e. The van der Waals surface area contributed by atoms with Crippen molar-refractivity contribution in [1.82, 2.24) is 10.3 Å². The summed E-state index contributed by atoms with van der Waals surface area (Å²) in [6.07, 6.45) is 2.62. The number of H-pyrrole nitrogens is 1. The van der Waals surface area contributed by atoms with E-state index in [1.165, 1.54) is 0 Å². The Kier molecular flexibility index (Phi) is 4.41. The maximum Gasteiger partial charge on any atom is 0.325 e. The molecule has 2 rings (SSSR count). The molecule has 0 saturated heterocycles. The molecule has 0 bridgehead atoms. The summed E-state index contributed by atoms with van der Waals surface area (Å²) in [7, 11) is 0. The van der Waals surface area contributed by atoms with Gasteiger partial charge in [-0.15, -0.1) is 11.6 Å². The summed E-state index contributed by atoms with van der Waals surface area (Å²) in [5.41, 5.74) is 1.62. The first-order valence-electron chi connectivity index (χ1n) is 5.93. The third-order valence-electron chi connectivity index (χ3n) is 2.60. The number of hydrogen-bond donors (Lipinski definition) is 3. The summed E-state index contributed by atoms with van der Waals surface area (Å²) in [5.74, 6) is 0.0695. The Balaban J connectivity index is 1.92. The second kappa shape index (κ2) is 6.24. The number of imide groups is 1. The van der Waals surface area contributed by atoms with Crippen LogP contribution in [0.15, 0.2) is 30.5 Å². The van der Waals surface area contributed by atoms with Crippen molar-refractivity contribution in [2.24, 2.45) is 0 Å². The molecule has 0 aliphatic rings. The standard InChI is InChI=1S/C13H14ClN3O2/c14-6-1-2-12(18)17-13(19)16-10-3-4-11-9(8-10)5-7-15-11/h3-5,7-8,15H,1-2,6H2,(H2,16,17,18,19). The fourth-order valence-corrected chi connectivity index (χ4v) is 1.84. The number of hydrogen-bond acceptors (Lipinski definition) is 2. The monoisotopic (exact) mass is 279 g/mol. The van der Waals surface area contributed by atoms with E-state index in [1.807, 2.05) is 24.4 Å². The summed E-state index contributed by atoms with van der Waals surface area (Å²) in [6, 6.07) is 6.83. The lowest BCUT2D eigenvalue weighted by molar-refractivity contribution is -0.119. The summed E-state index contributed by atoms with van der Waals surface area (Å²) in [5, 5.41) is 5.86. The molecule has 19 heavy (non-hydrogen) atoms. The van der Waals surface area contributed by atoms with Gasteiger partial charge < -0.3 is 10.3 Å². The minimum absolute atomic E-state index is 0.244. The number of nitrogens with one attached hydrogen (secondary N) is 3. The third kappa shape index (κ3) is 3.72. The first kappa shape index (κ1) is 13.4. The van der Waals surface area contributed by atoms with Crippen molar-refractivity contribution >= 4 is 40.1 Å². The van der Waals surface area contributed by atoms with Gasteiger partial charge >= 0.3 is 6.03 Å². The van der Waals surface area contributed by atoms with Crippen LogP contribution in [0.25, 0.3) is 10.9 Å². The van der Waals surface area contributed by atoms with E-state index in [2.05, 4.69) is 15.6 Å². The summed E-state index contributed by atoms with van der Waals surface area (Å²) < 4.78 is 0. The molecule has 0 radical (unpaired) electrons. The predicted octanol–water partition coefficient (Wildman–Crippen LogP) is 2.84. The minimum Gasteiger partial charge on any atom is -0.361 e. The molecular formula is C13H14ClN3O2. The number of carbonyl (C=O) groups excluding carboxylic acids is 2. The minimum atomic E-state index is -0.533. The lowest BCUT2D eigenvalue weighted by Gasteiger charge is -2.06. The van der Waals surface area contributed by atoms with Gasteiger partial charge in [0.2, 0.25) is 5.91 Å². The number of aromatic nitrogens is 1. The number of alkyl halides is 1. The number of aromatic amines is 1. The second-order valence-corrected chi connectivity index (χ2v) is 4.45. The van der Waals surface area contributed by atoms with Crippen LogP contribution in [0.4, 0.5) is 10.5 Å². The maximum absolute atomic E-state index is 11.6. The molecule has 6 heteroatoms. The normalized spacial score (nSPS) is 10.4. The van der Waals surface area contributed by atoms with E-state index in [9.17, 15) is 9.59 Å². The van der Waals surface area contributed by atoms with Gasteiger partial charge in [0.25, 0.3) is 0 Å². The average molecular weight is 280 g/mol.